The van der Waals surface area contributed by atoms with Gasteiger partial charge >= 0.3 is 6.03 Å². The molecule has 1 saturated heterocycles. The highest BCUT2D eigenvalue weighted by atomic mass is 16.5. The molecule has 0 radical (unpaired) electrons. The standard InChI is InChI=1S/C15H23N3O4/c1-15(2)13(19)18(14(20)16-15)7-6-17(8-10-21-3)11-12-5-4-9-22-12/h4-5,9H,6-8,10-11H2,1-3H3,(H,16,20). The first-order valence-electron chi connectivity index (χ1n) is 7.32. The number of carbonyl (C=O) groups is 2. The molecule has 0 saturated carbocycles. The summed E-state index contributed by atoms with van der Waals surface area (Å²) in [6.07, 6.45) is 1.63. The van der Waals surface area contributed by atoms with E-state index in [9.17, 15) is 9.59 Å². The van der Waals surface area contributed by atoms with Crippen LogP contribution in [0.25, 0.3) is 0 Å². The van der Waals surface area contributed by atoms with Gasteiger partial charge in [-0.05, 0) is 26.0 Å². The molecule has 1 aromatic heterocycles. The monoisotopic (exact) mass is 309 g/mol. The number of urea groups is 1. The van der Waals surface area contributed by atoms with E-state index in [-0.39, 0.29) is 11.9 Å². The van der Waals surface area contributed by atoms with Gasteiger partial charge in [0.2, 0.25) is 0 Å². The lowest BCUT2D eigenvalue weighted by Gasteiger charge is -2.23. The number of carbonyl (C=O) groups excluding carboxylic acids is 2. The summed E-state index contributed by atoms with van der Waals surface area (Å²) in [4.78, 5) is 27.4. The highest BCUT2D eigenvalue weighted by Gasteiger charge is 2.43. The predicted molar refractivity (Wildman–Crippen MR) is 80.2 cm³/mol. The van der Waals surface area contributed by atoms with Gasteiger partial charge in [-0.2, -0.15) is 0 Å². The van der Waals surface area contributed by atoms with Crippen LogP contribution in [0.15, 0.2) is 22.8 Å². The van der Waals surface area contributed by atoms with E-state index in [0.717, 1.165) is 5.76 Å². The van der Waals surface area contributed by atoms with Gasteiger partial charge in [0.15, 0.2) is 0 Å². The van der Waals surface area contributed by atoms with Crippen molar-refractivity contribution in [1.82, 2.24) is 15.1 Å². The van der Waals surface area contributed by atoms with Crippen LogP contribution in [0, 0.1) is 0 Å². The smallest absolute Gasteiger partial charge is 0.325 e. The molecular formula is C15H23N3O4. The summed E-state index contributed by atoms with van der Waals surface area (Å²) < 4.78 is 10.5. The molecule has 3 amide bonds. The van der Waals surface area contributed by atoms with Crippen LogP contribution < -0.4 is 5.32 Å². The number of amides is 3. The fraction of sp³-hybridized carbons (Fsp3) is 0.600. The molecule has 1 aliphatic rings. The number of hydrogen-bond donors (Lipinski definition) is 1. The molecule has 0 aliphatic carbocycles. The molecule has 1 aliphatic heterocycles. The van der Waals surface area contributed by atoms with Gasteiger partial charge in [0.05, 0.1) is 19.4 Å². The SMILES string of the molecule is COCCN(CCN1C(=O)NC(C)(C)C1=O)Cc1ccco1. The minimum Gasteiger partial charge on any atom is -0.468 e. The Labute approximate surface area is 130 Å². The average Bonchev–Trinajstić information content (AvgIpc) is 3.02. The van der Waals surface area contributed by atoms with Crippen molar-refractivity contribution in [2.75, 3.05) is 33.4 Å². The highest BCUT2D eigenvalue weighted by Crippen LogP contribution is 2.16. The number of imide groups is 1. The van der Waals surface area contributed by atoms with E-state index in [1.807, 2.05) is 12.1 Å². The summed E-state index contributed by atoms with van der Waals surface area (Å²) in [6, 6.07) is 3.40. The molecular weight excluding hydrogens is 286 g/mol. The fourth-order valence-corrected chi connectivity index (χ4v) is 2.38. The quantitative estimate of drug-likeness (QED) is 0.727. The van der Waals surface area contributed by atoms with Crippen LogP contribution in [-0.4, -0.2) is 60.6 Å². The van der Waals surface area contributed by atoms with E-state index in [1.54, 1.807) is 27.2 Å². The first kappa shape index (κ1) is 16.5. The maximum atomic E-state index is 12.2. The van der Waals surface area contributed by atoms with Gasteiger partial charge in [0.25, 0.3) is 5.91 Å². The molecule has 0 bridgehead atoms. The fourth-order valence-electron chi connectivity index (χ4n) is 2.38. The topological polar surface area (TPSA) is 75.0 Å². The van der Waals surface area contributed by atoms with Gasteiger partial charge in [0, 0.05) is 26.7 Å². The lowest BCUT2D eigenvalue weighted by Crippen LogP contribution is -2.42. The summed E-state index contributed by atoms with van der Waals surface area (Å²) >= 11 is 0. The summed E-state index contributed by atoms with van der Waals surface area (Å²) in [7, 11) is 1.64. The zero-order valence-electron chi connectivity index (χ0n) is 13.3. The van der Waals surface area contributed by atoms with E-state index in [1.165, 1.54) is 4.90 Å². The Balaban J connectivity index is 1.93. The van der Waals surface area contributed by atoms with Crippen molar-refractivity contribution in [3.05, 3.63) is 24.2 Å². The van der Waals surface area contributed by atoms with E-state index >= 15 is 0 Å². The second-order valence-electron chi connectivity index (χ2n) is 5.86. The predicted octanol–water partition coefficient (Wildman–Crippen LogP) is 1.06. The van der Waals surface area contributed by atoms with Crippen molar-refractivity contribution >= 4 is 11.9 Å². The Hall–Kier alpha value is -1.86. The van der Waals surface area contributed by atoms with Crippen molar-refractivity contribution in [3.63, 3.8) is 0 Å². The number of furan rings is 1. The zero-order chi connectivity index (χ0) is 16.2. The lowest BCUT2D eigenvalue weighted by atomic mass is 10.1. The Morgan fingerprint density at radius 2 is 2.14 bits per heavy atom. The molecule has 1 fully saturated rings. The van der Waals surface area contributed by atoms with Gasteiger partial charge in [-0.15, -0.1) is 0 Å². The molecule has 0 atom stereocenters. The number of ether oxygens (including phenoxy) is 1. The van der Waals surface area contributed by atoms with Crippen LogP contribution in [0.1, 0.15) is 19.6 Å². The second-order valence-corrected chi connectivity index (χ2v) is 5.86. The minimum absolute atomic E-state index is 0.192. The van der Waals surface area contributed by atoms with Gasteiger partial charge < -0.3 is 14.5 Å². The first-order valence-corrected chi connectivity index (χ1v) is 7.32. The Kier molecular flexibility index (Phi) is 5.20. The van der Waals surface area contributed by atoms with Crippen molar-refractivity contribution in [1.29, 1.82) is 0 Å². The van der Waals surface area contributed by atoms with Crippen LogP contribution in [0.5, 0.6) is 0 Å². The summed E-state index contributed by atoms with van der Waals surface area (Å²) in [5.74, 6) is 0.649. The molecule has 2 heterocycles. The summed E-state index contributed by atoms with van der Waals surface area (Å²) in [6.45, 7) is 6.22. The molecule has 1 aromatic rings. The van der Waals surface area contributed by atoms with Crippen molar-refractivity contribution < 1.29 is 18.7 Å². The molecule has 7 heteroatoms. The Morgan fingerprint density at radius 1 is 1.36 bits per heavy atom. The number of nitrogens with one attached hydrogen (secondary N) is 1. The van der Waals surface area contributed by atoms with Crippen LogP contribution in [0.3, 0.4) is 0 Å². The largest absolute Gasteiger partial charge is 0.468 e. The number of nitrogens with zero attached hydrogens (tertiary/aromatic N) is 2. The van der Waals surface area contributed by atoms with Gasteiger partial charge in [-0.1, -0.05) is 0 Å². The summed E-state index contributed by atoms with van der Waals surface area (Å²) in [5, 5.41) is 2.68. The number of rotatable bonds is 8. The minimum atomic E-state index is -0.824. The second kappa shape index (κ2) is 6.93. The van der Waals surface area contributed by atoms with E-state index < -0.39 is 5.54 Å². The Morgan fingerprint density at radius 3 is 2.68 bits per heavy atom. The van der Waals surface area contributed by atoms with Crippen molar-refractivity contribution in [2.24, 2.45) is 0 Å². The van der Waals surface area contributed by atoms with Crippen molar-refractivity contribution in [3.8, 4) is 0 Å². The third-order valence-electron chi connectivity index (χ3n) is 3.66. The molecule has 122 valence electrons. The van der Waals surface area contributed by atoms with E-state index in [4.69, 9.17) is 9.15 Å². The maximum absolute atomic E-state index is 12.2. The highest BCUT2D eigenvalue weighted by molar-refractivity contribution is 6.06. The number of hydrogen-bond acceptors (Lipinski definition) is 5. The van der Waals surface area contributed by atoms with Gasteiger partial charge in [-0.25, -0.2) is 4.79 Å². The summed E-state index contributed by atoms with van der Waals surface area (Å²) in [5.41, 5.74) is -0.824. The molecule has 1 N–H and O–H groups in total. The normalized spacial score (nSPS) is 17.4. The maximum Gasteiger partial charge on any atom is 0.325 e. The van der Waals surface area contributed by atoms with Gasteiger partial charge in [0.1, 0.15) is 11.3 Å². The van der Waals surface area contributed by atoms with Crippen LogP contribution in [0.4, 0.5) is 4.79 Å². The average molecular weight is 309 g/mol. The molecule has 0 unspecified atom stereocenters. The third-order valence-corrected chi connectivity index (χ3v) is 3.66. The van der Waals surface area contributed by atoms with Crippen LogP contribution in [-0.2, 0) is 16.1 Å². The molecule has 22 heavy (non-hydrogen) atoms. The Bertz CT molecular complexity index is 513. The van der Waals surface area contributed by atoms with Crippen molar-refractivity contribution in [2.45, 2.75) is 25.9 Å². The van der Waals surface area contributed by atoms with Gasteiger partial charge in [-0.3, -0.25) is 14.6 Å². The van der Waals surface area contributed by atoms with Crippen LogP contribution >= 0.6 is 0 Å². The molecule has 2 rings (SSSR count). The van der Waals surface area contributed by atoms with E-state index in [2.05, 4.69) is 10.2 Å². The number of methoxy groups -OCH3 is 1. The van der Waals surface area contributed by atoms with Crippen LogP contribution in [0.2, 0.25) is 0 Å². The first-order chi connectivity index (χ1) is 10.4. The zero-order valence-corrected chi connectivity index (χ0v) is 13.3. The molecule has 0 aromatic carbocycles. The third kappa shape index (κ3) is 3.86. The lowest BCUT2D eigenvalue weighted by molar-refractivity contribution is -0.130. The molecule has 7 nitrogen and oxygen atoms in total. The molecule has 0 spiro atoms. The van der Waals surface area contributed by atoms with E-state index in [0.29, 0.717) is 32.8 Å².